The largest absolute Gasteiger partial charge is 0.396 e. The van der Waals surface area contributed by atoms with Crippen LogP contribution in [0.5, 0.6) is 0 Å². The molecule has 2 N–H and O–H groups in total. The van der Waals surface area contributed by atoms with Crippen LogP contribution in [0.4, 0.5) is 5.95 Å². The molecular formula is C14H21N5O. The van der Waals surface area contributed by atoms with E-state index in [0.29, 0.717) is 12.5 Å². The van der Waals surface area contributed by atoms with Crippen molar-refractivity contribution in [3.63, 3.8) is 0 Å². The quantitative estimate of drug-likeness (QED) is 0.840. The third-order valence-electron chi connectivity index (χ3n) is 3.26. The van der Waals surface area contributed by atoms with Gasteiger partial charge >= 0.3 is 0 Å². The van der Waals surface area contributed by atoms with Crippen molar-refractivity contribution in [2.75, 3.05) is 18.5 Å². The molecule has 2 rings (SSSR count). The summed E-state index contributed by atoms with van der Waals surface area (Å²) in [6.45, 7) is 7.10. The van der Waals surface area contributed by atoms with Gasteiger partial charge in [-0.1, -0.05) is 36.6 Å². The first-order valence-corrected chi connectivity index (χ1v) is 6.72. The van der Waals surface area contributed by atoms with E-state index in [4.69, 9.17) is 5.11 Å². The molecule has 1 aromatic carbocycles. The second-order valence-electron chi connectivity index (χ2n) is 5.74. The van der Waals surface area contributed by atoms with Crippen LogP contribution in [0, 0.1) is 12.3 Å². The third-order valence-corrected chi connectivity index (χ3v) is 3.26. The van der Waals surface area contributed by atoms with Gasteiger partial charge in [-0.2, -0.15) is 4.68 Å². The first kappa shape index (κ1) is 14.5. The lowest BCUT2D eigenvalue weighted by atomic mass is 9.90. The van der Waals surface area contributed by atoms with Gasteiger partial charge in [0.15, 0.2) is 0 Å². The molecule has 0 amide bonds. The van der Waals surface area contributed by atoms with Crippen LogP contribution in [0.2, 0.25) is 0 Å². The highest BCUT2D eigenvalue weighted by atomic mass is 16.3. The normalized spacial score (nSPS) is 11.6. The highest BCUT2D eigenvalue weighted by Crippen LogP contribution is 2.20. The second kappa shape index (κ2) is 6.00. The van der Waals surface area contributed by atoms with Gasteiger partial charge in [0.25, 0.3) is 0 Å². The molecule has 0 aliphatic rings. The zero-order valence-corrected chi connectivity index (χ0v) is 12.2. The van der Waals surface area contributed by atoms with Crippen molar-refractivity contribution in [3.8, 4) is 5.69 Å². The van der Waals surface area contributed by atoms with Crippen LogP contribution >= 0.6 is 0 Å². The number of nitrogens with one attached hydrogen (secondary N) is 1. The molecule has 0 saturated heterocycles. The molecule has 1 aromatic heterocycles. The lowest BCUT2D eigenvalue weighted by Crippen LogP contribution is -2.25. The monoisotopic (exact) mass is 275 g/mol. The van der Waals surface area contributed by atoms with Crippen LogP contribution in [0.3, 0.4) is 0 Å². The summed E-state index contributed by atoms with van der Waals surface area (Å²) in [5.74, 6) is 0.611. The molecule has 0 saturated carbocycles. The van der Waals surface area contributed by atoms with E-state index >= 15 is 0 Å². The number of aryl methyl sites for hydroxylation is 1. The third kappa shape index (κ3) is 3.54. The Kier molecular flexibility index (Phi) is 4.34. The van der Waals surface area contributed by atoms with Gasteiger partial charge in [-0.3, -0.25) is 0 Å². The fourth-order valence-corrected chi connectivity index (χ4v) is 1.87. The minimum absolute atomic E-state index is 0.0151. The van der Waals surface area contributed by atoms with Gasteiger partial charge in [0.1, 0.15) is 0 Å². The summed E-state index contributed by atoms with van der Waals surface area (Å²) >= 11 is 0. The predicted octanol–water partition coefficient (Wildman–Crippen LogP) is 1.79. The van der Waals surface area contributed by atoms with Crippen molar-refractivity contribution in [2.45, 2.75) is 27.2 Å². The molecule has 0 spiro atoms. The van der Waals surface area contributed by atoms with Crippen molar-refractivity contribution in [3.05, 3.63) is 29.8 Å². The standard InChI is InChI=1S/C14H21N5O/c1-11-4-6-12(7-5-11)19-13(16-17-18-19)15-10-14(2,3)8-9-20/h4-7,20H,8-10H2,1-3H3,(H,15,16,18). The molecule has 6 heteroatoms. The Hall–Kier alpha value is -1.95. The first-order chi connectivity index (χ1) is 9.52. The van der Waals surface area contributed by atoms with Gasteiger partial charge in [0.2, 0.25) is 5.95 Å². The lowest BCUT2D eigenvalue weighted by Gasteiger charge is -2.23. The smallest absolute Gasteiger partial charge is 0.247 e. The molecule has 1 heterocycles. The lowest BCUT2D eigenvalue weighted by molar-refractivity contribution is 0.220. The van der Waals surface area contributed by atoms with Gasteiger partial charge in [-0.15, -0.1) is 0 Å². The molecule has 2 aromatic rings. The fourth-order valence-electron chi connectivity index (χ4n) is 1.87. The summed E-state index contributed by atoms with van der Waals surface area (Å²) in [6, 6.07) is 8.01. The number of benzene rings is 1. The van der Waals surface area contributed by atoms with E-state index < -0.39 is 0 Å². The van der Waals surface area contributed by atoms with E-state index in [1.165, 1.54) is 5.56 Å². The zero-order valence-electron chi connectivity index (χ0n) is 12.2. The Bertz CT molecular complexity index is 547. The van der Waals surface area contributed by atoms with E-state index in [1.807, 2.05) is 31.2 Å². The Morgan fingerprint density at radius 1 is 1.25 bits per heavy atom. The van der Waals surface area contributed by atoms with Crippen LogP contribution in [0.25, 0.3) is 5.69 Å². The van der Waals surface area contributed by atoms with Crippen molar-refractivity contribution >= 4 is 5.95 Å². The van der Waals surface area contributed by atoms with Crippen molar-refractivity contribution in [2.24, 2.45) is 5.41 Å². The van der Waals surface area contributed by atoms with Crippen molar-refractivity contribution < 1.29 is 5.11 Å². The van der Waals surface area contributed by atoms with Gasteiger partial charge in [-0.25, -0.2) is 0 Å². The first-order valence-electron chi connectivity index (χ1n) is 6.72. The summed E-state index contributed by atoms with van der Waals surface area (Å²) in [4.78, 5) is 0. The number of rotatable bonds is 6. The van der Waals surface area contributed by atoms with Crippen molar-refractivity contribution in [1.29, 1.82) is 0 Å². The maximum Gasteiger partial charge on any atom is 0.247 e. The van der Waals surface area contributed by atoms with Gasteiger partial charge in [0.05, 0.1) is 5.69 Å². The number of aromatic nitrogens is 4. The van der Waals surface area contributed by atoms with Crippen LogP contribution in [0.1, 0.15) is 25.8 Å². The molecule has 0 bridgehead atoms. The van der Waals surface area contributed by atoms with Gasteiger partial charge in [-0.05, 0) is 41.3 Å². The van der Waals surface area contributed by atoms with Crippen LogP contribution in [-0.4, -0.2) is 38.5 Å². The Balaban J connectivity index is 2.11. The van der Waals surface area contributed by atoms with E-state index in [1.54, 1.807) is 4.68 Å². The van der Waals surface area contributed by atoms with Gasteiger partial charge < -0.3 is 10.4 Å². The summed E-state index contributed by atoms with van der Waals surface area (Å²) < 4.78 is 1.68. The molecular weight excluding hydrogens is 254 g/mol. The number of anilines is 1. The average molecular weight is 275 g/mol. The summed E-state index contributed by atoms with van der Waals surface area (Å²) in [5.41, 5.74) is 2.10. The molecule has 0 radical (unpaired) electrons. The highest BCUT2D eigenvalue weighted by molar-refractivity contribution is 5.39. The van der Waals surface area contributed by atoms with Crippen LogP contribution < -0.4 is 5.32 Å². The van der Waals surface area contributed by atoms with Crippen LogP contribution in [0.15, 0.2) is 24.3 Å². The summed E-state index contributed by atoms with van der Waals surface area (Å²) in [6.07, 6.45) is 0.728. The average Bonchev–Trinajstić information content (AvgIpc) is 2.86. The number of aliphatic hydroxyl groups is 1. The number of nitrogens with zero attached hydrogens (tertiary/aromatic N) is 4. The summed E-state index contributed by atoms with van der Waals surface area (Å²) in [5, 5.41) is 24.0. The highest BCUT2D eigenvalue weighted by Gasteiger charge is 2.18. The Morgan fingerprint density at radius 2 is 1.95 bits per heavy atom. The Labute approximate surface area is 118 Å². The molecule has 0 aliphatic carbocycles. The van der Waals surface area contributed by atoms with E-state index in [2.05, 4.69) is 34.7 Å². The van der Waals surface area contributed by atoms with Crippen molar-refractivity contribution in [1.82, 2.24) is 20.2 Å². The van der Waals surface area contributed by atoms with Gasteiger partial charge in [0, 0.05) is 13.2 Å². The molecule has 0 atom stereocenters. The SMILES string of the molecule is Cc1ccc(-n2nnnc2NCC(C)(C)CCO)cc1. The molecule has 20 heavy (non-hydrogen) atoms. The van der Waals surface area contributed by atoms with E-state index in [9.17, 15) is 0 Å². The van der Waals surface area contributed by atoms with Crippen LogP contribution in [-0.2, 0) is 0 Å². The number of aliphatic hydroxyl groups excluding tert-OH is 1. The Morgan fingerprint density at radius 3 is 2.60 bits per heavy atom. The predicted molar refractivity (Wildman–Crippen MR) is 77.9 cm³/mol. The minimum Gasteiger partial charge on any atom is -0.396 e. The summed E-state index contributed by atoms with van der Waals surface area (Å²) in [7, 11) is 0. The maximum absolute atomic E-state index is 9.04. The molecule has 0 fully saturated rings. The maximum atomic E-state index is 9.04. The zero-order chi connectivity index (χ0) is 14.6. The molecule has 108 valence electrons. The number of hydrogen-bond donors (Lipinski definition) is 2. The molecule has 6 nitrogen and oxygen atoms in total. The van der Waals surface area contributed by atoms with E-state index in [0.717, 1.165) is 12.1 Å². The minimum atomic E-state index is -0.0151. The molecule has 0 aliphatic heterocycles. The van der Waals surface area contributed by atoms with E-state index in [-0.39, 0.29) is 12.0 Å². The number of hydrogen-bond acceptors (Lipinski definition) is 5. The molecule has 0 unspecified atom stereocenters. The number of tetrazole rings is 1. The topological polar surface area (TPSA) is 75.9 Å². The second-order valence-corrected chi connectivity index (χ2v) is 5.74. The fraction of sp³-hybridized carbons (Fsp3) is 0.500.